The van der Waals surface area contributed by atoms with Crippen molar-refractivity contribution in [3.05, 3.63) is 46.8 Å². The summed E-state index contributed by atoms with van der Waals surface area (Å²) in [6.45, 7) is 0. The number of benzene rings is 1. The van der Waals surface area contributed by atoms with Gasteiger partial charge in [0.2, 0.25) is 5.76 Å². The summed E-state index contributed by atoms with van der Waals surface area (Å²) in [5.74, 6) is -1.11. The van der Waals surface area contributed by atoms with Gasteiger partial charge in [0.25, 0.3) is 0 Å². The van der Waals surface area contributed by atoms with Gasteiger partial charge in [0.1, 0.15) is 0 Å². The fourth-order valence-corrected chi connectivity index (χ4v) is 1.23. The van der Waals surface area contributed by atoms with Gasteiger partial charge in [0, 0.05) is 11.4 Å². The fourth-order valence-electron chi connectivity index (χ4n) is 0.925. The number of carboxylic acids is 1. The van der Waals surface area contributed by atoms with Crippen LogP contribution in [0.15, 0.2) is 45.5 Å². The predicted octanol–water partition coefficient (Wildman–Crippen LogP) is 2.59. The molecule has 2 aromatic rings. The number of nitrogens with two attached hydrogens (primary N) is 2. The third-order valence-electron chi connectivity index (χ3n) is 1.72. The van der Waals surface area contributed by atoms with Crippen LogP contribution in [-0.4, -0.2) is 11.1 Å². The highest BCUT2D eigenvalue weighted by atomic mass is 79.9. The normalized spacial score (nSPS) is 9.24. The molecule has 2 rings (SSSR count). The maximum absolute atomic E-state index is 10.1. The van der Waals surface area contributed by atoms with Gasteiger partial charge in [-0.1, -0.05) is 0 Å². The molecule has 0 fully saturated rings. The number of aromatic carboxylic acids is 1. The molecule has 5 nitrogen and oxygen atoms in total. The topological polar surface area (TPSA) is 102 Å². The molecule has 5 N–H and O–H groups in total. The van der Waals surface area contributed by atoms with Gasteiger partial charge in [-0.3, -0.25) is 0 Å². The summed E-state index contributed by atoms with van der Waals surface area (Å²) < 4.78 is 5.09. The minimum atomic E-state index is -1.05. The molecule has 17 heavy (non-hydrogen) atoms. The molecule has 0 saturated carbocycles. The van der Waals surface area contributed by atoms with E-state index in [9.17, 15) is 4.79 Å². The molecule has 0 bridgehead atoms. The fraction of sp³-hybridized carbons (Fsp3) is 0. The number of carbonyl (C=O) groups is 1. The van der Waals surface area contributed by atoms with Crippen LogP contribution in [0.2, 0.25) is 0 Å². The maximum Gasteiger partial charge on any atom is 0.371 e. The summed E-state index contributed by atoms with van der Waals surface area (Å²) in [7, 11) is 0. The number of anilines is 2. The lowest BCUT2D eigenvalue weighted by Gasteiger charge is -1.90. The molecular formula is C11H11BrN2O3. The van der Waals surface area contributed by atoms with Crippen LogP contribution in [0.5, 0.6) is 0 Å². The van der Waals surface area contributed by atoms with E-state index in [4.69, 9.17) is 16.6 Å². The zero-order valence-corrected chi connectivity index (χ0v) is 10.3. The van der Waals surface area contributed by atoms with E-state index in [1.165, 1.54) is 12.1 Å². The lowest BCUT2D eigenvalue weighted by Crippen LogP contribution is -1.91. The Kier molecular flexibility index (Phi) is 4.59. The summed E-state index contributed by atoms with van der Waals surface area (Å²) in [6, 6.07) is 10.0. The molecule has 0 spiro atoms. The van der Waals surface area contributed by atoms with Gasteiger partial charge in [-0.05, 0) is 52.3 Å². The SMILES string of the molecule is Nc1ccc(N)cc1.O=C(O)c1ccc(Br)o1. The Balaban J connectivity index is 0.000000171. The molecule has 90 valence electrons. The van der Waals surface area contributed by atoms with E-state index in [1.807, 2.05) is 0 Å². The average Bonchev–Trinajstić information content (AvgIpc) is 2.70. The molecule has 1 aromatic carbocycles. The van der Waals surface area contributed by atoms with Crippen molar-refractivity contribution in [1.82, 2.24) is 0 Å². The van der Waals surface area contributed by atoms with Crippen molar-refractivity contribution in [1.29, 1.82) is 0 Å². The van der Waals surface area contributed by atoms with Crippen molar-refractivity contribution < 1.29 is 14.3 Å². The maximum atomic E-state index is 10.1. The number of hydrogen-bond acceptors (Lipinski definition) is 4. The second-order valence-electron chi connectivity index (χ2n) is 3.08. The lowest BCUT2D eigenvalue weighted by atomic mass is 10.3. The highest BCUT2D eigenvalue weighted by Gasteiger charge is 2.05. The van der Waals surface area contributed by atoms with Crippen LogP contribution in [0.25, 0.3) is 0 Å². The standard InChI is InChI=1S/C6H8N2.C5H3BrO3/c7-5-1-2-6(8)4-3-5;6-4-2-1-3(9-4)5(7)8/h1-4H,7-8H2;1-2H,(H,7,8). The third-order valence-corrected chi connectivity index (χ3v) is 2.15. The van der Waals surface area contributed by atoms with Gasteiger partial charge in [-0.2, -0.15) is 0 Å². The number of rotatable bonds is 1. The molecule has 0 radical (unpaired) electrons. The molecule has 0 aliphatic carbocycles. The molecule has 0 aliphatic heterocycles. The summed E-state index contributed by atoms with van der Waals surface area (Å²) in [5, 5.41) is 8.28. The molecule has 1 heterocycles. The van der Waals surface area contributed by atoms with E-state index in [0.717, 1.165) is 11.4 Å². The molecule has 1 aromatic heterocycles. The number of nitrogen functional groups attached to an aromatic ring is 2. The van der Waals surface area contributed by atoms with Gasteiger partial charge in [0.05, 0.1) is 0 Å². The van der Waals surface area contributed by atoms with E-state index in [2.05, 4.69) is 20.3 Å². The Morgan fingerprint density at radius 3 is 1.76 bits per heavy atom. The van der Waals surface area contributed by atoms with Crippen LogP contribution in [-0.2, 0) is 0 Å². The second kappa shape index (κ2) is 5.95. The Morgan fingerprint density at radius 1 is 1.06 bits per heavy atom. The molecule has 0 amide bonds. The zero-order chi connectivity index (χ0) is 12.8. The van der Waals surface area contributed by atoms with Crippen LogP contribution in [0, 0.1) is 0 Å². The van der Waals surface area contributed by atoms with Crippen LogP contribution < -0.4 is 11.5 Å². The first-order valence-electron chi connectivity index (χ1n) is 4.58. The third kappa shape index (κ3) is 4.60. The summed E-state index contributed by atoms with van der Waals surface area (Å²) in [4.78, 5) is 10.1. The molecule has 6 heteroatoms. The first-order chi connectivity index (χ1) is 7.99. The van der Waals surface area contributed by atoms with E-state index >= 15 is 0 Å². The lowest BCUT2D eigenvalue weighted by molar-refractivity contribution is 0.0661. The van der Waals surface area contributed by atoms with Gasteiger partial charge < -0.3 is 21.0 Å². The van der Waals surface area contributed by atoms with E-state index in [0.29, 0.717) is 4.67 Å². The first kappa shape index (κ1) is 13.1. The summed E-state index contributed by atoms with van der Waals surface area (Å²) >= 11 is 2.97. The number of hydrogen-bond donors (Lipinski definition) is 3. The molecule has 0 atom stereocenters. The Morgan fingerprint density at radius 2 is 1.53 bits per heavy atom. The summed E-state index contributed by atoms with van der Waals surface area (Å²) in [6.07, 6.45) is 0. The van der Waals surface area contributed by atoms with Crippen molar-refractivity contribution in [3.8, 4) is 0 Å². The van der Waals surface area contributed by atoms with Crippen LogP contribution in [0.4, 0.5) is 11.4 Å². The van der Waals surface area contributed by atoms with Crippen LogP contribution >= 0.6 is 15.9 Å². The van der Waals surface area contributed by atoms with Crippen molar-refractivity contribution in [2.45, 2.75) is 0 Å². The molecular weight excluding hydrogens is 288 g/mol. The predicted molar refractivity (Wildman–Crippen MR) is 68.6 cm³/mol. The Labute approximate surface area is 106 Å². The minimum Gasteiger partial charge on any atom is -0.475 e. The van der Waals surface area contributed by atoms with E-state index in [-0.39, 0.29) is 5.76 Å². The van der Waals surface area contributed by atoms with Crippen LogP contribution in [0.1, 0.15) is 10.6 Å². The van der Waals surface area contributed by atoms with Crippen molar-refractivity contribution >= 4 is 33.3 Å². The van der Waals surface area contributed by atoms with Gasteiger partial charge in [-0.15, -0.1) is 0 Å². The van der Waals surface area contributed by atoms with Crippen molar-refractivity contribution in [2.75, 3.05) is 11.5 Å². The second-order valence-corrected chi connectivity index (χ2v) is 3.86. The van der Waals surface area contributed by atoms with E-state index < -0.39 is 5.97 Å². The monoisotopic (exact) mass is 298 g/mol. The molecule has 0 aliphatic rings. The van der Waals surface area contributed by atoms with Gasteiger partial charge >= 0.3 is 5.97 Å². The average molecular weight is 299 g/mol. The Bertz CT molecular complexity index is 473. The number of carboxylic acid groups (broad SMARTS) is 1. The first-order valence-corrected chi connectivity index (χ1v) is 5.38. The number of halogens is 1. The van der Waals surface area contributed by atoms with Crippen molar-refractivity contribution in [2.24, 2.45) is 0 Å². The number of furan rings is 1. The largest absolute Gasteiger partial charge is 0.475 e. The van der Waals surface area contributed by atoms with Gasteiger partial charge in [-0.25, -0.2) is 4.79 Å². The minimum absolute atomic E-state index is 0.0538. The quantitative estimate of drug-likeness (QED) is 0.702. The smallest absolute Gasteiger partial charge is 0.371 e. The molecule has 0 saturated heterocycles. The highest BCUT2D eigenvalue weighted by molar-refractivity contribution is 9.10. The zero-order valence-electron chi connectivity index (χ0n) is 8.76. The Hall–Kier alpha value is -1.95. The summed E-state index contributed by atoms with van der Waals surface area (Å²) in [5.41, 5.74) is 12.2. The van der Waals surface area contributed by atoms with Crippen LogP contribution in [0.3, 0.4) is 0 Å². The van der Waals surface area contributed by atoms with Gasteiger partial charge in [0.15, 0.2) is 4.67 Å². The molecule has 0 unspecified atom stereocenters. The van der Waals surface area contributed by atoms with E-state index in [1.54, 1.807) is 24.3 Å². The van der Waals surface area contributed by atoms with Crippen molar-refractivity contribution in [3.63, 3.8) is 0 Å². The highest BCUT2D eigenvalue weighted by Crippen LogP contribution is 2.13.